The van der Waals surface area contributed by atoms with Crippen molar-refractivity contribution in [3.63, 3.8) is 0 Å². The molecule has 0 saturated carbocycles. The van der Waals surface area contributed by atoms with E-state index >= 15 is 0 Å². The van der Waals surface area contributed by atoms with Gasteiger partial charge in [-0.25, -0.2) is 4.98 Å². The van der Waals surface area contributed by atoms with Crippen molar-refractivity contribution in [3.8, 4) is 11.5 Å². The molecule has 4 rings (SSSR count). The van der Waals surface area contributed by atoms with E-state index in [4.69, 9.17) is 9.47 Å². The quantitative estimate of drug-likeness (QED) is 0.805. The Kier molecular flexibility index (Phi) is 3.37. The van der Waals surface area contributed by atoms with Crippen molar-refractivity contribution in [2.75, 3.05) is 6.79 Å². The summed E-state index contributed by atoms with van der Waals surface area (Å²) in [5.41, 5.74) is 4.08. The Bertz CT molecular complexity index is 946. The van der Waals surface area contributed by atoms with Gasteiger partial charge in [0.1, 0.15) is 11.3 Å². The van der Waals surface area contributed by atoms with Crippen LogP contribution in [0.1, 0.15) is 27.3 Å². The lowest BCUT2D eigenvalue weighted by molar-refractivity contribution is 0.0944. The average Bonchev–Trinajstić information content (AvgIpc) is 3.16. The van der Waals surface area contributed by atoms with E-state index in [1.807, 2.05) is 54.8 Å². The normalized spacial score (nSPS) is 12.6. The molecule has 1 amide bonds. The van der Waals surface area contributed by atoms with Crippen LogP contribution in [0.25, 0.3) is 5.65 Å². The molecule has 3 aromatic rings. The van der Waals surface area contributed by atoms with Crippen molar-refractivity contribution >= 4 is 11.6 Å². The molecule has 6 nitrogen and oxygen atoms in total. The second-order valence-electron chi connectivity index (χ2n) is 5.80. The fourth-order valence-electron chi connectivity index (χ4n) is 2.91. The van der Waals surface area contributed by atoms with Crippen LogP contribution in [-0.2, 0) is 6.54 Å². The first kappa shape index (κ1) is 14.6. The number of imidazole rings is 1. The lowest BCUT2D eigenvalue weighted by Gasteiger charge is -2.07. The molecule has 24 heavy (non-hydrogen) atoms. The molecular weight excluding hydrogens is 306 g/mol. The molecule has 2 aromatic heterocycles. The molecule has 0 unspecified atom stereocenters. The molecule has 0 fully saturated rings. The minimum atomic E-state index is -0.150. The van der Waals surface area contributed by atoms with Gasteiger partial charge in [-0.2, -0.15) is 0 Å². The van der Waals surface area contributed by atoms with Gasteiger partial charge < -0.3 is 14.8 Å². The SMILES string of the molecule is Cc1nc2c(C)cccn2c1C(=O)NCc1ccc2c(c1)OCO2. The van der Waals surface area contributed by atoms with Crippen molar-refractivity contribution in [1.29, 1.82) is 0 Å². The fraction of sp³-hybridized carbons (Fsp3) is 0.222. The van der Waals surface area contributed by atoms with Crippen LogP contribution in [-0.4, -0.2) is 22.1 Å². The summed E-state index contributed by atoms with van der Waals surface area (Å²) >= 11 is 0. The van der Waals surface area contributed by atoms with Gasteiger partial charge in [0, 0.05) is 12.7 Å². The second-order valence-corrected chi connectivity index (χ2v) is 5.80. The molecular formula is C18H17N3O3. The monoisotopic (exact) mass is 323 g/mol. The first-order valence-electron chi connectivity index (χ1n) is 7.74. The van der Waals surface area contributed by atoms with E-state index in [9.17, 15) is 4.79 Å². The van der Waals surface area contributed by atoms with Crippen LogP contribution in [0.15, 0.2) is 36.5 Å². The van der Waals surface area contributed by atoms with Gasteiger partial charge in [-0.3, -0.25) is 9.20 Å². The topological polar surface area (TPSA) is 64.9 Å². The molecule has 0 bridgehead atoms. The number of nitrogens with one attached hydrogen (secondary N) is 1. The van der Waals surface area contributed by atoms with E-state index in [-0.39, 0.29) is 12.7 Å². The van der Waals surface area contributed by atoms with Gasteiger partial charge in [0.15, 0.2) is 11.5 Å². The Hall–Kier alpha value is -3.02. The summed E-state index contributed by atoms with van der Waals surface area (Å²) in [7, 11) is 0. The minimum Gasteiger partial charge on any atom is -0.454 e. The third-order valence-electron chi connectivity index (χ3n) is 4.12. The second kappa shape index (κ2) is 5.56. The highest BCUT2D eigenvalue weighted by Crippen LogP contribution is 2.32. The highest BCUT2D eigenvalue weighted by atomic mass is 16.7. The van der Waals surface area contributed by atoms with Crippen molar-refractivity contribution in [3.05, 3.63) is 59.0 Å². The van der Waals surface area contributed by atoms with E-state index in [2.05, 4.69) is 10.3 Å². The summed E-state index contributed by atoms with van der Waals surface area (Å²) in [5.74, 6) is 1.30. The van der Waals surface area contributed by atoms with E-state index in [0.717, 1.165) is 22.5 Å². The number of benzene rings is 1. The largest absolute Gasteiger partial charge is 0.454 e. The number of pyridine rings is 1. The Morgan fingerprint density at radius 2 is 2.08 bits per heavy atom. The smallest absolute Gasteiger partial charge is 0.270 e. The predicted molar refractivity (Wildman–Crippen MR) is 88.4 cm³/mol. The number of hydrogen-bond donors (Lipinski definition) is 1. The molecule has 1 N–H and O–H groups in total. The van der Waals surface area contributed by atoms with Gasteiger partial charge in [-0.1, -0.05) is 12.1 Å². The van der Waals surface area contributed by atoms with Crippen molar-refractivity contribution in [2.24, 2.45) is 0 Å². The molecule has 122 valence electrons. The maximum atomic E-state index is 12.6. The number of fused-ring (bicyclic) bond motifs is 2. The van der Waals surface area contributed by atoms with Gasteiger partial charge in [0.05, 0.1) is 5.69 Å². The highest BCUT2D eigenvalue weighted by molar-refractivity contribution is 5.94. The molecule has 0 radical (unpaired) electrons. The van der Waals surface area contributed by atoms with Crippen LogP contribution in [0.4, 0.5) is 0 Å². The molecule has 1 aliphatic rings. The molecule has 0 aliphatic carbocycles. The van der Waals surface area contributed by atoms with Gasteiger partial charge in [-0.05, 0) is 43.2 Å². The molecule has 0 saturated heterocycles. The zero-order valence-corrected chi connectivity index (χ0v) is 13.5. The number of hydrogen-bond acceptors (Lipinski definition) is 4. The molecule has 1 aromatic carbocycles. The summed E-state index contributed by atoms with van der Waals surface area (Å²) < 4.78 is 12.5. The maximum Gasteiger partial charge on any atom is 0.270 e. The van der Waals surface area contributed by atoms with Gasteiger partial charge in [-0.15, -0.1) is 0 Å². The summed E-state index contributed by atoms with van der Waals surface area (Å²) in [6, 6.07) is 9.55. The van der Waals surface area contributed by atoms with E-state index < -0.39 is 0 Å². The lowest BCUT2D eigenvalue weighted by atomic mass is 10.2. The number of carbonyl (C=O) groups excluding carboxylic acids is 1. The van der Waals surface area contributed by atoms with Crippen molar-refractivity contribution < 1.29 is 14.3 Å². The number of aryl methyl sites for hydroxylation is 2. The first-order valence-corrected chi connectivity index (χ1v) is 7.74. The maximum absolute atomic E-state index is 12.6. The van der Waals surface area contributed by atoms with Crippen LogP contribution in [0.3, 0.4) is 0 Å². The Balaban J connectivity index is 1.57. The predicted octanol–water partition coefficient (Wildman–Crippen LogP) is 2.61. The van der Waals surface area contributed by atoms with Crippen LogP contribution in [0.2, 0.25) is 0 Å². The Morgan fingerprint density at radius 3 is 2.96 bits per heavy atom. The van der Waals surface area contributed by atoms with Gasteiger partial charge >= 0.3 is 0 Å². The molecule has 0 spiro atoms. The third kappa shape index (κ3) is 2.36. The Morgan fingerprint density at radius 1 is 1.25 bits per heavy atom. The van der Waals surface area contributed by atoms with Gasteiger partial charge in [0.2, 0.25) is 6.79 Å². The van der Waals surface area contributed by atoms with E-state index in [1.54, 1.807) is 0 Å². The van der Waals surface area contributed by atoms with E-state index in [0.29, 0.717) is 23.7 Å². The third-order valence-corrected chi connectivity index (χ3v) is 4.12. The number of amides is 1. The summed E-state index contributed by atoms with van der Waals surface area (Å²) in [6.07, 6.45) is 1.86. The number of carbonyl (C=O) groups is 1. The fourth-order valence-corrected chi connectivity index (χ4v) is 2.91. The molecule has 1 aliphatic heterocycles. The number of rotatable bonds is 3. The molecule has 3 heterocycles. The summed E-state index contributed by atoms with van der Waals surface area (Å²) in [5, 5.41) is 2.95. The minimum absolute atomic E-state index is 0.150. The highest BCUT2D eigenvalue weighted by Gasteiger charge is 2.18. The first-order chi connectivity index (χ1) is 11.6. The standard InChI is InChI=1S/C18H17N3O3/c1-11-4-3-7-21-16(12(2)20-17(11)21)18(22)19-9-13-5-6-14-15(8-13)24-10-23-14/h3-8H,9-10H2,1-2H3,(H,19,22). The molecule has 6 heteroatoms. The van der Waals surface area contributed by atoms with Crippen LogP contribution in [0.5, 0.6) is 11.5 Å². The number of nitrogens with zero attached hydrogens (tertiary/aromatic N) is 2. The van der Waals surface area contributed by atoms with Crippen LogP contribution < -0.4 is 14.8 Å². The van der Waals surface area contributed by atoms with Gasteiger partial charge in [0.25, 0.3) is 5.91 Å². The van der Waals surface area contributed by atoms with Crippen LogP contribution >= 0.6 is 0 Å². The van der Waals surface area contributed by atoms with Crippen molar-refractivity contribution in [1.82, 2.24) is 14.7 Å². The summed E-state index contributed by atoms with van der Waals surface area (Å²) in [6.45, 7) is 4.48. The zero-order chi connectivity index (χ0) is 16.7. The number of aromatic nitrogens is 2. The van der Waals surface area contributed by atoms with E-state index in [1.165, 1.54) is 0 Å². The van der Waals surface area contributed by atoms with Crippen LogP contribution in [0, 0.1) is 13.8 Å². The molecule has 0 atom stereocenters. The average molecular weight is 323 g/mol. The number of ether oxygens (including phenoxy) is 2. The summed E-state index contributed by atoms with van der Waals surface area (Å²) in [4.78, 5) is 17.1. The Labute approximate surface area is 139 Å². The zero-order valence-electron chi connectivity index (χ0n) is 13.5. The lowest BCUT2D eigenvalue weighted by Crippen LogP contribution is -2.25. The van der Waals surface area contributed by atoms with Crippen molar-refractivity contribution in [2.45, 2.75) is 20.4 Å².